The van der Waals surface area contributed by atoms with Gasteiger partial charge in [0.1, 0.15) is 5.75 Å². The second-order valence-electron chi connectivity index (χ2n) is 6.42. The second-order valence-corrected chi connectivity index (χ2v) is 7.34. The zero-order valence-electron chi connectivity index (χ0n) is 15.9. The number of rotatable bonds is 6. The van der Waals surface area contributed by atoms with Crippen LogP contribution in [0.3, 0.4) is 0 Å². The maximum absolute atomic E-state index is 12.2. The molecule has 29 heavy (non-hydrogen) atoms. The van der Waals surface area contributed by atoms with Crippen molar-refractivity contribution in [2.45, 2.75) is 6.92 Å². The van der Waals surface area contributed by atoms with E-state index in [0.29, 0.717) is 11.3 Å². The molecule has 0 radical (unpaired) electrons. The molecule has 4 nitrogen and oxygen atoms in total. The Hall–Kier alpha value is -3.36. The fourth-order valence-corrected chi connectivity index (χ4v) is 3.02. The van der Waals surface area contributed by atoms with E-state index in [2.05, 4.69) is 27.3 Å². The number of carbonyl (C=O) groups excluding carboxylic acids is 1. The normalized spacial score (nSPS) is 10.9. The highest BCUT2D eigenvalue weighted by atomic mass is 79.9. The molecule has 5 heteroatoms. The van der Waals surface area contributed by atoms with Crippen LogP contribution in [-0.2, 0) is 4.79 Å². The Bertz CT molecular complexity index is 1080. The molecule has 0 aliphatic rings. The molecule has 3 aromatic carbocycles. The van der Waals surface area contributed by atoms with Crippen molar-refractivity contribution < 1.29 is 9.53 Å². The van der Waals surface area contributed by atoms with Crippen LogP contribution in [0.4, 0.5) is 5.69 Å². The van der Waals surface area contributed by atoms with Gasteiger partial charge < -0.3 is 10.1 Å². The lowest BCUT2D eigenvalue weighted by Gasteiger charge is -2.10. The lowest BCUT2D eigenvalue weighted by Crippen LogP contribution is -2.20. The van der Waals surface area contributed by atoms with Crippen molar-refractivity contribution in [2.24, 2.45) is 0 Å². The highest BCUT2D eigenvalue weighted by molar-refractivity contribution is 9.10. The molecule has 0 saturated heterocycles. The van der Waals surface area contributed by atoms with Crippen molar-refractivity contribution in [1.29, 1.82) is 5.26 Å². The Labute approximate surface area is 178 Å². The average Bonchev–Trinajstić information content (AvgIpc) is 2.72. The zero-order valence-corrected chi connectivity index (χ0v) is 17.4. The second kappa shape index (κ2) is 9.72. The number of hydrogen-bond acceptors (Lipinski definition) is 3. The Kier molecular flexibility index (Phi) is 6.83. The molecule has 0 bridgehead atoms. The quantitative estimate of drug-likeness (QED) is 0.382. The van der Waals surface area contributed by atoms with E-state index < -0.39 is 0 Å². The van der Waals surface area contributed by atoms with Crippen molar-refractivity contribution in [3.05, 3.63) is 94.0 Å². The Morgan fingerprint density at radius 1 is 1.10 bits per heavy atom. The van der Waals surface area contributed by atoms with Crippen LogP contribution in [0.25, 0.3) is 11.6 Å². The van der Waals surface area contributed by atoms with Gasteiger partial charge in [-0.05, 0) is 54.5 Å². The minimum atomic E-state index is -0.247. The highest BCUT2D eigenvalue weighted by Crippen LogP contribution is 2.25. The summed E-state index contributed by atoms with van der Waals surface area (Å²) >= 11 is 3.40. The summed E-state index contributed by atoms with van der Waals surface area (Å²) in [6, 6.07) is 24.7. The van der Waals surface area contributed by atoms with E-state index in [1.54, 1.807) is 12.1 Å². The van der Waals surface area contributed by atoms with Gasteiger partial charge in [-0.2, -0.15) is 5.26 Å². The molecule has 1 N–H and O–H groups in total. The standard InChI is InChI=1S/C24H19BrN2O2/c1-17-5-4-7-22(13-17)27-24(28)16-29-23-8-3-2-6-19(23)14-20(15-26)18-9-11-21(25)12-10-18/h2-14H,16H2,1H3,(H,27,28)/b20-14+. The van der Waals surface area contributed by atoms with Crippen LogP contribution in [0.2, 0.25) is 0 Å². The first kappa shape index (κ1) is 20.4. The molecule has 1 amide bonds. The monoisotopic (exact) mass is 446 g/mol. The van der Waals surface area contributed by atoms with E-state index in [-0.39, 0.29) is 12.5 Å². The third-order valence-electron chi connectivity index (χ3n) is 4.16. The van der Waals surface area contributed by atoms with Crippen molar-refractivity contribution in [2.75, 3.05) is 11.9 Å². The largest absolute Gasteiger partial charge is 0.483 e. The summed E-state index contributed by atoms with van der Waals surface area (Å²) in [6.45, 7) is 1.84. The van der Waals surface area contributed by atoms with Gasteiger partial charge in [0.05, 0.1) is 11.6 Å². The number of carbonyl (C=O) groups is 1. The lowest BCUT2D eigenvalue weighted by atomic mass is 10.0. The number of ether oxygens (including phenoxy) is 1. The molecule has 0 aromatic heterocycles. The fraction of sp³-hybridized carbons (Fsp3) is 0.0833. The molecule has 0 spiro atoms. The van der Waals surface area contributed by atoms with Gasteiger partial charge in [0.15, 0.2) is 6.61 Å². The SMILES string of the molecule is Cc1cccc(NC(=O)COc2ccccc2/C=C(\C#N)c2ccc(Br)cc2)c1. The predicted molar refractivity (Wildman–Crippen MR) is 119 cm³/mol. The number of hydrogen-bond donors (Lipinski definition) is 1. The van der Waals surface area contributed by atoms with Gasteiger partial charge in [-0.3, -0.25) is 4.79 Å². The third-order valence-corrected chi connectivity index (χ3v) is 4.68. The van der Waals surface area contributed by atoms with Gasteiger partial charge in [0.2, 0.25) is 0 Å². The zero-order chi connectivity index (χ0) is 20.6. The number of anilines is 1. The summed E-state index contributed by atoms with van der Waals surface area (Å²) in [7, 11) is 0. The van der Waals surface area contributed by atoms with Crippen LogP contribution in [-0.4, -0.2) is 12.5 Å². The number of halogens is 1. The summed E-state index contributed by atoms with van der Waals surface area (Å²) in [5.41, 5.74) is 3.85. The molecule has 3 rings (SSSR count). The van der Waals surface area contributed by atoms with Crippen LogP contribution < -0.4 is 10.1 Å². The molecule has 3 aromatic rings. The Balaban J connectivity index is 1.74. The summed E-state index contributed by atoms with van der Waals surface area (Å²) < 4.78 is 6.67. The van der Waals surface area contributed by atoms with Gasteiger partial charge in [-0.1, -0.05) is 58.4 Å². The number of aryl methyl sites for hydroxylation is 1. The number of nitriles is 1. The first-order chi connectivity index (χ1) is 14.0. The number of allylic oxidation sites excluding steroid dienone is 1. The molecular weight excluding hydrogens is 428 g/mol. The molecule has 0 fully saturated rings. The molecule has 144 valence electrons. The van der Waals surface area contributed by atoms with Gasteiger partial charge in [-0.25, -0.2) is 0 Å². The maximum atomic E-state index is 12.2. The first-order valence-corrected chi connectivity index (χ1v) is 9.80. The van der Waals surface area contributed by atoms with Crippen molar-refractivity contribution in [3.8, 4) is 11.8 Å². The predicted octanol–water partition coefficient (Wildman–Crippen LogP) is 5.84. The van der Waals surface area contributed by atoms with E-state index in [1.807, 2.05) is 73.7 Å². The van der Waals surface area contributed by atoms with E-state index in [4.69, 9.17) is 4.74 Å². The molecule has 0 aliphatic carbocycles. The molecule has 0 atom stereocenters. The fourth-order valence-electron chi connectivity index (χ4n) is 2.76. The summed E-state index contributed by atoms with van der Waals surface area (Å²) in [4.78, 5) is 12.2. The van der Waals surface area contributed by atoms with Crippen LogP contribution in [0, 0.1) is 18.3 Å². The third kappa shape index (κ3) is 5.81. The summed E-state index contributed by atoms with van der Waals surface area (Å²) in [6.07, 6.45) is 1.76. The van der Waals surface area contributed by atoms with Crippen LogP contribution in [0.5, 0.6) is 5.75 Å². The van der Waals surface area contributed by atoms with Crippen LogP contribution in [0.15, 0.2) is 77.3 Å². The number of nitrogens with one attached hydrogen (secondary N) is 1. The van der Waals surface area contributed by atoms with Crippen molar-refractivity contribution in [1.82, 2.24) is 0 Å². The maximum Gasteiger partial charge on any atom is 0.262 e. The molecule has 0 aliphatic heterocycles. The summed E-state index contributed by atoms with van der Waals surface area (Å²) in [5, 5.41) is 12.4. The number of nitrogens with zero attached hydrogens (tertiary/aromatic N) is 1. The number of benzene rings is 3. The lowest BCUT2D eigenvalue weighted by molar-refractivity contribution is -0.118. The number of amides is 1. The Morgan fingerprint density at radius 2 is 1.86 bits per heavy atom. The van der Waals surface area contributed by atoms with Gasteiger partial charge in [0, 0.05) is 15.7 Å². The van der Waals surface area contributed by atoms with Crippen LogP contribution >= 0.6 is 15.9 Å². The van der Waals surface area contributed by atoms with Crippen molar-refractivity contribution in [3.63, 3.8) is 0 Å². The van der Waals surface area contributed by atoms with Crippen LogP contribution in [0.1, 0.15) is 16.7 Å². The first-order valence-electron chi connectivity index (χ1n) is 9.01. The van der Waals surface area contributed by atoms with E-state index in [1.165, 1.54) is 0 Å². The minimum absolute atomic E-state index is 0.126. The van der Waals surface area contributed by atoms with E-state index in [9.17, 15) is 10.1 Å². The molecular formula is C24H19BrN2O2. The van der Waals surface area contributed by atoms with Gasteiger partial charge >= 0.3 is 0 Å². The van der Waals surface area contributed by atoms with E-state index in [0.717, 1.165) is 26.9 Å². The van der Waals surface area contributed by atoms with E-state index >= 15 is 0 Å². The van der Waals surface area contributed by atoms with Gasteiger partial charge in [-0.15, -0.1) is 0 Å². The molecule has 0 saturated carbocycles. The highest BCUT2D eigenvalue weighted by Gasteiger charge is 2.08. The molecule has 0 unspecified atom stereocenters. The smallest absolute Gasteiger partial charge is 0.262 e. The number of para-hydroxylation sites is 1. The summed E-state index contributed by atoms with van der Waals surface area (Å²) in [5.74, 6) is 0.291. The van der Waals surface area contributed by atoms with Crippen molar-refractivity contribution >= 4 is 39.2 Å². The topological polar surface area (TPSA) is 62.1 Å². The van der Waals surface area contributed by atoms with Gasteiger partial charge in [0.25, 0.3) is 5.91 Å². The molecule has 0 heterocycles. The average molecular weight is 447 g/mol. The minimum Gasteiger partial charge on any atom is -0.483 e. The Morgan fingerprint density at radius 3 is 2.59 bits per heavy atom.